The average Bonchev–Trinajstić information content (AvgIpc) is 2.62. The molecule has 1 amide bonds. The normalized spacial score (nSPS) is 15.4. The Morgan fingerprint density at radius 3 is 2.54 bits per heavy atom. The predicted octanol–water partition coefficient (Wildman–Crippen LogP) is 2.34. The van der Waals surface area contributed by atoms with Crippen molar-refractivity contribution in [2.75, 3.05) is 32.8 Å². The predicted molar refractivity (Wildman–Crippen MR) is 97.4 cm³/mol. The van der Waals surface area contributed by atoms with Crippen LogP contribution in [0.5, 0.6) is 5.75 Å². The molecule has 1 aliphatic heterocycles. The van der Waals surface area contributed by atoms with Crippen LogP contribution in [0.2, 0.25) is 0 Å². The second kappa shape index (κ2) is 7.78. The van der Waals surface area contributed by atoms with Gasteiger partial charge in [-0.2, -0.15) is 0 Å². The highest BCUT2D eigenvalue weighted by Gasteiger charge is 2.22. The SMILES string of the molecule is CCOC(=O)N1CCN(Cc2cc(=O)oc3cc(O)c(CC)cc23)CC1. The Balaban J connectivity index is 1.79. The number of phenolic OH excluding ortho intramolecular Hbond substituents is 1. The van der Waals surface area contributed by atoms with Crippen molar-refractivity contribution in [3.8, 4) is 5.75 Å². The van der Waals surface area contributed by atoms with Gasteiger partial charge in [0.2, 0.25) is 0 Å². The maximum atomic E-state index is 11.9. The molecule has 140 valence electrons. The molecule has 0 bridgehead atoms. The van der Waals surface area contributed by atoms with E-state index < -0.39 is 5.63 Å². The largest absolute Gasteiger partial charge is 0.508 e. The topological polar surface area (TPSA) is 83.2 Å². The minimum Gasteiger partial charge on any atom is -0.508 e. The summed E-state index contributed by atoms with van der Waals surface area (Å²) in [5.74, 6) is 0.142. The molecule has 1 aromatic heterocycles. The molecule has 7 heteroatoms. The van der Waals surface area contributed by atoms with Gasteiger partial charge in [0.05, 0.1) is 6.61 Å². The van der Waals surface area contributed by atoms with Gasteiger partial charge in [-0.05, 0) is 30.5 Å². The first-order valence-electron chi connectivity index (χ1n) is 8.94. The third kappa shape index (κ3) is 3.83. The van der Waals surface area contributed by atoms with E-state index in [-0.39, 0.29) is 11.8 Å². The number of benzene rings is 1. The summed E-state index contributed by atoms with van der Waals surface area (Å²) < 4.78 is 10.3. The van der Waals surface area contributed by atoms with Gasteiger partial charge >= 0.3 is 11.7 Å². The van der Waals surface area contributed by atoms with Crippen LogP contribution in [-0.4, -0.2) is 53.8 Å². The number of hydrogen-bond donors (Lipinski definition) is 1. The molecule has 2 heterocycles. The van der Waals surface area contributed by atoms with Crippen LogP contribution in [0.15, 0.2) is 27.4 Å². The lowest BCUT2D eigenvalue weighted by atomic mass is 10.0. The first-order valence-corrected chi connectivity index (χ1v) is 8.94. The molecule has 0 spiro atoms. The summed E-state index contributed by atoms with van der Waals surface area (Å²) in [6, 6.07) is 4.91. The number of aryl methyl sites for hydroxylation is 1. The Morgan fingerprint density at radius 1 is 1.15 bits per heavy atom. The molecule has 1 N–H and O–H groups in total. The Labute approximate surface area is 151 Å². The minimum absolute atomic E-state index is 0.142. The van der Waals surface area contributed by atoms with Gasteiger partial charge in [-0.3, -0.25) is 4.90 Å². The molecule has 0 saturated carbocycles. The summed E-state index contributed by atoms with van der Waals surface area (Å²) >= 11 is 0. The van der Waals surface area contributed by atoms with Crippen LogP contribution in [0, 0.1) is 0 Å². The molecule has 26 heavy (non-hydrogen) atoms. The monoisotopic (exact) mass is 360 g/mol. The van der Waals surface area contributed by atoms with E-state index in [1.165, 1.54) is 12.1 Å². The van der Waals surface area contributed by atoms with E-state index in [0.717, 1.165) is 16.5 Å². The number of rotatable bonds is 4. The van der Waals surface area contributed by atoms with Gasteiger partial charge in [0.1, 0.15) is 11.3 Å². The Bertz CT molecular complexity index is 853. The third-order valence-corrected chi connectivity index (χ3v) is 4.70. The van der Waals surface area contributed by atoms with Gasteiger partial charge < -0.3 is 19.2 Å². The van der Waals surface area contributed by atoms with Gasteiger partial charge in [-0.1, -0.05) is 6.92 Å². The number of nitrogens with zero attached hydrogens (tertiary/aromatic N) is 2. The van der Waals surface area contributed by atoms with E-state index in [9.17, 15) is 14.7 Å². The fourth-order valence-corrected chi connectivity index (χ4v) is 3.27. The number of ether oxygens (including phenoxy) is 1. The summed E-state index contributed by atoms with van der Waals surface area (Å²) in [6.07, 6.45) is 0.416. The van der Waals surface area contributed by atoms with E-state index in [2.05, 4.69) is 4.90 Å². The number of fused-ring (bicyclic) bond motifs is 1. The number of amides is 1. The molecule has 0 radical (unpaired) electrons. The third-order valence-electron chi connectivity index (χ3n) is 4.70. The molecule has 2 aromatic rings. The molecule has 1 saturated heterocycles. The van der Waals surface area contributed by atoms with Crippen molar-refractivity contribution in [1.82, 2.24) is 9.80 Å². The van der Waals surface area contributed by atoms with E-state index in [1.807, 2.05) is 13.0 Å². The number of piperazine rings is 1. The van der Waals surface area contributed by atoms with Crippen LogP contribution in [-0.2, 0) is 17.7 Å². The Hall–Kier alpha value is -2.54. The van der Waals surface area contributed by atoms with Crippen LogP contribution in [0.3, 0.4) is 0 Å². The lowest BCUT2D eigenvalue weighted by Crippen LogP contribution is -2.48. The smallest absolute Gasteiger partial charge is 0.409 e. The van der Waals surface area contributed by atoms with Crippen molar-refractivity contribution < 1.29 is 19.1 Å². The van der Waals surface area contributed by atoms with Gasteiger partial charge in [0.15, 0.2) is 0 Å². The maximum Gasteiger partial charge on any atom is 0.409 e. The first kappa shape index (κ1) is 18.3. The maximum absolute atomic E-state index is 11.9. The number of phenols is 1. The zero-order chi connectivity index (χ0) is 18.7. The number of carbonyl (C=O) groups excluding carboxylic acids is 1. The standard InChI is InChI=1S/C19H24N2O5/c1-3-13-9-15-14(10-18(23)26-17(15)11-16(13)22)12-20-5-7-21(8-6-20)19(24)25-4-2/h9-11,22H,3-8,12H2,1-2H3. The highest BCUT2D eigenvalue weighted by atomic mass is 16.6. The summed E-state index contributed by atoms with van der Waals surface area (Å²) in [6.45, 7) is 7.33. The molecule has 1 aliphatic rings. The van der Waals surface area contributed by atoms with Crippen LogP contribution < -0.4 is 5.63 Å². The van der Waals surface area contributed by atoms with Crippen molar-refractivity contribution >= 4 is 17.1 Å². The fraction of sp³-hybridized carbons (Fsp3) is 0.474. The molecule has 0 atom stereocenters. The zero-order valence-electron chi connectivity index (χ0n) is 15.2. The molecule has 0 aliphatic carbocycles. The van der Waals surface area contributed by atoms with Crippen molar-refractivity contribution in [3.63, 3.8) is 0 Å². The van der Waals surface area contributed by atoms with Crippen LogP contribution in [0.25, 0.3) is 11.0 Å². The van der Waals surface area contributed by atoms with Crippen molar-refractivity contribution in [2.45, 2.75) is 26.8 Å². The van der Waals surface area contributed by atoms with Gasteiger partial charge in [-0.25, -0.2) is 9.59 Å². The van der Waals surface area contributed by atoms with Crippen molar-refractivity contribution in [2.24, 2.45) is 0 Å². The molecule has 1 aromatic carbocycles. The van der Waals surface area contributed by atoms with Gasteiger partial charge in [0.25, 0.3) is 0 Å². The first-order chi connectivity index (χ1) is 12.5. The second-order valence-corrected chi connectivity index (χ2v) is 6.38. The lowest BCUT2D eigenvalue weighted by Gasteiger charge is -2.34. The summed E-state index contributed by atoms with van der Waals surface area (Å²) in [5, 5.41) is 10.9. The Morgan fingerprint density at radius 2 is 1.88 bits per heavy atom. The van der Waals surface area contributed by atoms with E-state index >= 15 is 0 Å². The number of aromatic hydroxyl groups is 1. The van der Waals surface area contributed by atoms with E-state index in [0.29, 0.717) is 51.3 Å². The van der Waals surface area contributed by atoms with Gasteiger partial charge in [-0.15, -0.1) is 0 Å². The van der Waals surface area contributed by atoms with Crippen molar-refractivity contribution in [3.05, 3.63) is 39.7 Å². The Kier molecular flexibility index (Phi) is 5.46. The minimum atomic E-state index is -0.429. The number of hydrogen-bond acceptors (Lipinski definition) is 6. The molecule has 1 fully saturated rings. The quantitative estimate of drug-likeness (QED) is 0.843. The summed E-state index contributed by atoms with van der Waals surface area (Å²) in [5.41, 5.74) is 1.66. The summed E-state index contributed by atoms with van der Waals surface area (Å²) in [4.78, 5) is 27.6. The number of carbonyl (C=O) groups is 1. The van der Waals surface area contributed by atoms with E-state index in [4.69, 9.17) is 9.15 Å². The highest BCUT2D eigenvalue weighted by molar-refractivity contribution is 5.82. The molecule has 0 unspecified atom stereocenters. The van der Waals surface area contributed by atoms with Crippen molar-refractivity contribution in [1.29, 1.82) is 0 Å². The zero-order valence-corrected chi connectivity index (χ0v) is 15.2. The fourth-order valence-electron chi connectivity index (χ4n) is 3.27. The van der Waals surface area contributed by atoms with Crippen LogP contribution >= 0.6 is 0 Å². The van der Waals surface area contributed by atoms with E-state index in [1.54, 1.807) is 11.8 Å². The second-order valence-electron chi connectivity index (χ2n) is 6.38. The molecule has 7 nitrogen and oxygen atoms in total. The van der Waals surface area contributed by atoms with Crippen LogP contribution in [0.4, 0.5) is 4.79 Å². The summed E-state index contributed by atoms with van der Waals surface area (Å²) in [7, 11) is 0. The van der Waals surface area contributed by atoms with Crippen LogP contribution in [0.1, 0.15) is 25.0 Å². The molecule has 3 rings (SSSR count). The lowest BCUT2D eigenvalue weighted by molar-refractivity contribution is 0.0779. The molecular weight excluding hydrogens is 336 g/mol. The molecular formula is C19H24N2O5. The van der Waals surface area contributed by atoms with Gasteiger partial charge in [0, 0.05) is 50.2 Å². The average molecular weight is 360 g/mol. The highest BCUT2D eigenvalue weighted by Crippen LogP contribution is 2.27.